The van der Waals surface area contributed by atoms with Crippen molar-refractivity contribution in [1.82, 2.24) is 4.90 Å². The van der Waals surface area contributed by atoms with Crippen molar-refractivity contribution in [3.05, 3.63) is 28.2 Å². The van der Waals surface area contributed by atoms with Gasteiger partial charge in [-0.1, -0.05) is 50.9 Å². The fourth-order valence-electron chi connectivity index (χ4n) is 4.78. The summed E-state index contributed by atoms with van der Waals surface area (Å²) in [6.45, 7) is 15.4. The normalized spacial score (nSPS) is 31.9. The maximum atomic E-state index is 6.65. The molecule has 158 valence electrons. The van der Waals surface area contributed by atoms with Crippen molar-refractivity contribution in [2.24, 2.45) is 17.3 Å². The van der Waals surface area contributed by atoms with E-state index in [4.69, 9.17) is 32.7 Å². The third-order valence-electron chi connectivity index (χ3n) is 6.69. The molecular formula is C23H35Cl2NO2. The van der Waals surface area contributed by atoms with E-state index in [0.29, 0.717) is 28.5 Å². The molecule has 0 radical (unpaired) electrons. The molecule has 3 rings (SSSR count). The highest BCUT2D eigenvalue weighted by atomic mass is 35.5. The summed E-state index contributed by atoms with van der Waals surface area (Å²) in [4.78, 5) is 2.60. The van der Waals surface area contributed by atoms with Crippen LogP contribution in [0.1, 0.15) is 53.9 Å². The van der Waals surface area contributed by atoms with Crippen LogP contribution in [0.15, 0.2) is 18.2 Å². The van der Waals surface area contributed by atoms with E-state index in [1.165, 1.54) is 19.5 Å². The molecule has 2 heterocycles. The number of hydrogen-bond acceptors (Lipinski definition) is 3. The predicted molar refractivity (Wildman–Crippen MR) is 118 cm³/mol. The van der Waals surface area contributed by atoms with Crippen LogP contribution in [0.2, 0.25) is 10.0 Å². The van der Waals surface area contributed by atoms with Crippen molar-refractivity contribution in [1.29, 1.82) is 0 Å². The van der Waals surface area contributed by atoms with Gasteiger partial charge in [-0.3, -0.25) is 0 Å². The Labute approximate surface area is 180 Å². The van der Waals surface area contributed by atoms with Crippen LogP contribution in [0.4, 0.5) is 0 Å². The molecule has 2 saturated heterocycles. The molecular weight excluding hydrogens is 393 g/mol. The summed E-state index contributed by atoms with van der Waals surface area (Å²) in [6.07, 6.45) is 3.82. The van der Waals surface area contributed by atoms with Gasteiger partial charge in [0.15, 0.2) is 0 Å². The first-order valence-corrected chi connectivity index (χ1v) is 11.3. The highest BCUT2D eigenvalue weighted by Gasteiger charge is 2.48. The van der Waals surface area contributed by atoms with Crippen LogP contribution < -0.4 is 4.74 Å². The highest BCUT2D eigenvalue weighted by Crippen LogP contribution is 2.45. The van der Waals surface area contributed by atoms with Crippen LogP contribution in [0, 0.1) is 17.3 Å². The zero-order valence-electron chi connectivity index (χ0n) is 17.9. The third kappa shape index (κ3) is 5.16. The molecule has 0 aromatic heterocycles. The van der Waals surface area contributed by atoms with Crippen molar-refractivity contribution >= 4 is 23.2 Å². The average Bonchev–Trinajstić information content (AvgIpc) is 2.96. The zero-order chi connectivity index (χ0) is 20.5. The summed E-state index contributed by atoms with van der Waals surface area (Å²) in [5, 5.41) is 1.17. The van der Waals surface area contributed by atoms with Gasteiger partial charge in [0.05, 0.1) is 23.3 Å². The Morgan fingerprint density at radius 3 is 2.54 bits per heavy atom. The van der Waals surface area contributed by atoms with Gasteiger partial charge in [0.2, 0.25) is 0 Å². The van der Waals surface area contributed by atoms with Crippen LogP contribution in [0.5, 0.6) is 5.75 Å². The van der Waals surface area contributed by atoms with Gasteiger partial charge in [-0.05, 0) is 56.2 Å². The second kappa shape index (κ2) is 8.71. The number of rotatable bonds is 6. The summed E-state index contributed by atoms with van der Waals surface area (Å²) in [6, 6.07) is 5.36. The molecule has 1 aromatic carbocycles. The van der Waals surface area contributed by atoms with E-state index in [-0.39, 0.29) is 11.0 Å². The fraction of sp³-hybridized carbons (Fsp3) is 0.739. The third-order valence-corrected chi connectivity index (χ3v) is 7.22. The van der Waals surface area contributed by atoms with Crippen LogP contribution in [-0.4, -0.2) is 42.8 Å². The van der Waals surface area contributed by atoms with E-state index in [1.807, 2.05) is 6.07 Å². The Morgan fingerprint density at radius 1 is 1.21 bits per heavy atom. The van der Waals surface area contributed by atoms with Gasteiger partial charge in [0, 0.05) is 30.1 Å². The number of benzene rings is 1. The van der Waals surface area contributed by atoms with Crippen molar-refractivity contribution in [2.75, 3.05) is 26.2 Å². The lowest BCUT2D eigenvalue weighted by atomic mass is 9.75. The lowest BCUT2D eigenvalue weighted by Gasteiger charge is -2.42. The molecule has 0 amide bonds. The Hall–Kier alpha value is -0.480. The first-order valence-electron chi connectivity index (χ1n) is 10.6. The first kappa shape index (κ1) is 22.2. The van der Waals surface area contributed by atoms with Gasteiger partial charge < -0.3 is 14.4 Å². The molecule has 28 heavy (non-hydrogen) atoms. The minimum atomic E-state index is -0.205. The highest BCUT2D eigenvalue weighted by molar-refractivity contribution is 6.35. The largest absolute Gasteiger partial charge is 0.491 e. The Morgan fingerprint density at radius 2 is 1.89 bits per heavy atom. The lowest BCUT2D eigenvalue weighted by Crippen LogP contribution is -2.47. The van der Waals surface area contributed by atoms with Gasteiger partial charge in [-0.2, -0.15) is 0 Å². The van der Waals surface area contributed by atoms with Crippen LogP contribution >= 0.6 is 23.2 Å². The summed E-state index contributed by atoms with van der Waals surface area (Å²) in [5.74, 6) is 2.24. The fourth-order valence-corrected chi connectivity index (χ4v) is 5.24. The Kier molecular flexibility index (Phi) is 6.91. The standard InChI is InChI=1S/C23H35Cl2NO2/c1-16-10-17(2)13-26(12-16)14-19-8-9-23(5,28-19)22(3,4)15-27-21-7-6-18(24)11-20(21)25/h6-7,11,16-17,19H,8-10,12-15H2,1-5H3. The van der Waals surface area contributed by atoms with Gasteiger partial charge in [0.25, 0.3) is 0 Å². The van der Waals surface area contributed by atoms with Crippen molar-refractivity contribution < 1.29 is 9.47 Å². The molecule has 0 N–H and O–H groups in total. The smallest absolute Gasteiger partial charge is 0.138 e. The van der Waals surface area contributed by atoms with Gasteiger partial charge in [0.1, 0.15) is 5.75 Å². The maximum Gasteiger partial charge on any atom is 0.138 e. The minimum absolute atomic E-state index is 0.132. The monoisotopic (exact) mass is 427 g/mol. The van der Waals surface area contributed by atoms with E-state index in [1.54, 1.807) is 12.1 Å². The van der Waals surface area contributed by atoms with Crippen LogP contribution in [-0.2, 0) is 4.74 Å². The molecule has 0 aliphatic carbocycles. The molecule has 3 nitrogen and oxygen atoms in total. The molecule has 2 fully saturated rings. The van der Waals surface area contributed by atoms with Gasteiger partial charge in [-0.15, -0.1) is 0 Å². The lowest BCUT2D eigenvalue weighted by molar-refractivity contribution is -0.121. The molecule has 4 atom stereocenters. The minimum Gasteiger partial charge on any atom is -0.491 e. The molecule has 4 unspecified atom stereocenters. The first-order chi connectivity index (χ1) is 13.1. The molecule has 0 bridgehead atoms. The van der Waals surface area contributed by atoms with Crippen molar-refractivity contribution in [3.8, 4) is 5.75 Å². The molecule has 2 aliphatic rings. The Balaban J connectivity index is 1.57. The number of likely N-dealkylation sites (tertiary alicyclic amines) is 1. The summed E-state index contributed by atoms with van der Waals surface area (Å²) in [7, 11) is 0. The maximum absolute atomic E-state index is 6.65. The van der Waals surface area contributed by atoms with Gasteiger partial charge in [-0.25, -0.2) is 0 Å². The van der Waals surface area contributed by atoms with E-state index in [2.05, 4.69) is 39.5 Å². The van der Waals surface area contributed by atoms with E-state index < -0.39 is 0 Å². The molecule has 2 aliphatic heterocycles. The summed E-state index contributed by atoms with van der Waals surface area (Å²) in [5.41, 5.74) is -0.337. The molecule has 0 saturated carbocycles. The predicted octanol–water partition coefficient (Wildman–Crippen LogP) is 6.31. The van der Waals surface area contributed by atoms with Crippen LogP contribution in [0.25, 0.3) is 0 Å². The summed E-state index contributed by atoms with van der Waals surface area (Å²) < 4.78 is 12.7. The van der Waals surface area contributed by atoms with E-state index >= 15 is 0 Å². The number of nitrogens with zero attached hydrogens (tertiary/aromatic N) is 1. The van der Waals surface area contributed by atoms with Crippen LogP contribution in [0.3, 0.4) is 0 Å². The topological polar surface area (TPSA) is 21.7 Å². The van der Waals surface area contributed by atoms with E-state index in [9.17, 15) is 0 Å². The average molecular weight is 428 g/mol. The van der Waals surface area contributed by atoms with Gasteiger partial charge >= 0.3 is 0 Å². The summed E-state index contributed by atoms with van der Waals surface area (Å²) >= 11 is 12.2. The SMILES string of the molecule is CC1CC(C)CN(CC2CCC(C)(C(C)(C)COc3ccc(Cl)cc3Cl)O2)C1. The number of halogens is 2. The van der Waals surface area contributed by atoms with Crippen molar-refractivity contribution in [3.63, 3.8) is 0 Å². The number of ether oxygens (including phenoxy) is 2. The second-order valence-corrected chi connectivity index (χ2v) is 10.8. The number of piperidine rings is 1. The Bertz CT molecular complexity index is 671. The van der Waals surface area contributed by atoms with Crippen molar-refractivity contribution in [2.45, 2.75) is 65.6 Å². The van der Waals surface area contributed by atoms with E-state index in [0.717, 1.165) is 31.2 Å². The zero-order valence-corrected chi connectivity index (χ0v) is 19.4. The quantitative estimate of drug-likeness (QED) is 0.530. The number of hydrogen-bond donors (Lipinski definition) is 0. The molecule has 0 spiro atoms. The molecule has 5 heteroatoms. The molecule has 1 aromatic rings. The second-order valence-electron chi connectivity index (χ2n) is 9.92.